The Labute approximate surface area is 119 Å². The smallest absolute Gasteiger partial charge is 0.228 e. The van der Waals surface area contributed by atoms with Gasteiger partial charge in [0.25, 0.3) is 0 Å². The van der Waals surface area contributed by atoms with E-state index in [1.54, 1.807) is 6.07 Å². The van der Waals surface area contributed by atoms with Crippen LogP contribution in [0.5, 0.6) is 0 Å². The predicted molar refractivity (Wildman–Crippen MR) is 83.7 cm³/mol. The number of anilines is 2. The lowest BCUT2D eigenvalue weighted by atomic mass is 10.0. The molecule has 2 aromatic carbocycles. The van der Waals surface area contributed by atoms with E-state index in [0.717, 1.165) is 11.3 Å². The van der Waals surface area contributed by atoms with Crippen LogP contribution in [0, 0.1) is 0 Å². The highest BCUT2D eigenvalue weighted by Gasteiger charge is 2.07. The summed E-state index contributed by atoms with van der Waals surface area (Å²) < 4.78 is 0. The molecule has 104 valence electrons. The summed E-state index contributed by atoms with van der Waals surface area (Å²) in [6.07, 6.45) is 0.290. The van der Waals surface area contributed by atoms with Gasteiger partial charge in [-0.1, -0.05) is 44.2 Å². The summed E-state index contributed by atoms with van der Waals surface area (Å²) in [6.45, 7) is 4.29. The molecule has 2 rings (SSSR count). The average molecular weight is 268 g/mol. The molecule has 0 saturated heterocycles. The van der Waals surface area contributed by atoms with E-state index in [9.17, 15) is 4.79 Å². The van der Waals surface area contributed by atoms with Gasteiger partial charge >= 0.3 is 0 Å². The second-order valence-electron chi connectivity index (χ2n) is 5.20. The quantitative estimate of drug-likeness (QED) is 0.833. The van der Waals surface area contributed by atoms with E-state index in [1.807, 2.05) is 42.5 Å². The van der Waals surface area contributed by atoms with E-state index in [1.165, 1.54) is 5.56 Å². The number of carbonyl (C=O) groups is 1. The molecule has 2 aromatic rings. The summed E-state index contributed by atoms with van der Waals surface area (Å²) in [5.41, 5.74) is 9.41. The molecule has 0 radical (unpaired) electrons. The molecule has 0 aromatic heterocycles. The van der Waals surface area contributed by atoms with E-state index in [-0.39, 0.29) is 5.91 Å². The Morgan fingerprint density at radius 2 is 1.75 bits per heavy atom. The molecule has 0 unspecified atom stereocenters. The SMILES string of the molecule is CC(C)c1ccc(NC(=O)Cc2ccccc2N)cc1. The van der Waals surface area contributed by atoms with Crippen molar-refractivity contribution >= 4 is 17.3 Å². The predicted octanol–water partition coefficient (Wildman–Crippen LogP) is 3.57. The van der Waals surface area contributed by atoms with Gasteiger partial charge in [-0.05, 0) is 35.2 Å². The summed E-state index contributed by atoms with van der Waals surface area (Å²) in [6, 6.07) is 15.4. The molecule has 0 heterocycles. The van der Waals surface area contributed by atoms with Crippen LogP contribution in [0.25, 0.3) is 0 Å². The molecular weight excluding hydrogens is 248 g/mol. The molecule has 0 aliphatic carbocycles. The maximum atomic E-state index is 12.0. The number of carbonyl (C=O) groups excluding carboxylic acids is 1. The van der Waals surface area contributed by atoms with Gasteiger partial charge in [-0.15, -0.1) is 0 Å². The van der Waals surface area contributed by atoms with Crippen LogP contribution in [0.1, 0.15) is 30.9 Å². The number of para-hydroxylation sites is 1. The lowest BCUT2D eigenvalue weighted by Crippen LogP contribution is -2.15. The van der Waals surface area contributed by atoms with Crippen LogP contribution in [0.3, 0.4) is 0 Å². The zero-order valence-electron chi connectivity index (χ0n) is 11.9. The fraction of sp³-hybridized carbons (Fsp3) is 0.235. The van der Waals surface area contributed by atoms with E-state index in [0.29, 0.717) is 18.0 Å². The van der Waals surface area contributed by atoms with Crippen LogP contribution in [-0.2, 0) is 11.2 Å². The Morgan fingerprint density at radius 3 is 2.35 bits per heavy atom. The van der Waals surface area contributed by atoms with Crippen molar-refractivity contribution < 1.29 is 4.79 Å². The first kappa shape index (κ1) is 14.1. The van der Waals surface area contributed by atoms with Gasteiger partial charge in [-0.2, -0.15) is 0 Å². The molecule has 0 aliphatic heterocycles. The largest absolute Gasteiger partial charge is 0.398 e. The van der Waals surface area contributed by atoms with Crippen molar-refractivity contribution in [2.24, 2.45) is 0 Å². The van der Waals surface area contributed by atoms with E-state index < -0.39 is 0 Å². The number of nitrogen functional groups attached to an aromatic ring is 1. The van der Waals surface area contributed by atoms with Gasteiger partial charge in [0, 0.05) is 11.4 Å². The number of nitrogens with one attached hydrogen (secondary N) is 1. The van der Waals surface area contributed by atoms with Gasteiger partial charge in [0.1, 0.15) is 0 Å². The minimum absolute atomic E-state index is 0.0554. The Hall–Kier alpha value is -2.29. The lowest BCUT2D eigenvalue weighted by Gasteiger charge is -2.09. The fourth-order valence-electron chi connectivity index (χ4n) is 2.02. The van der Waals surface area contributed by atoms with Gasteiger partial charge in [-0.3, -0.25) is 4.79 Å². The third kappa shape index (κ3) is 3.60. The maximum Gasteiger partial charge on any atom is 0.228 e. The van der Waals surface area contributed by atoms with Crippen LogP contribution in [0.15, 0.2) is 48.5 Å². The molecule has 0 spiro atoms. The van der Waals surface area contributed by atoms with Crippen LogP contribution < -0.4 is 11.1 Å². The minimum Gasteiger partial charge on any atom is -0.398 e. The van der Waals surface area contributed by atoms with Crippen molar-refractivity contribution in [2.75, 3.05) is 11.1 Å². The molecule has 0 fully saturated rings. The summed E-state index contributed by atoms with van der Waals surface area (Å²) >= 11 is 0. The minimum atomic E-state index is -0.0554. The summed E-state index contributed by atoms with van der Waals surface area (Å²) in [5, 5.41) is 2.89. The van der Waals surface area contributed by atoms with Crippen molar-refractivity contribution in [2.45, 2.75) is 26.2 Å². The summed E-state index contributed by atoms with van der Waals surface area (Å²) in [7, 11) is 0. The zero-order valence-corrected chi connectivity index (χ0v) is 11.9. The Kier molecular flexibility index (Phi) is 4.41. The molecule has 0 aliphatic rings. The van der Waals surface area contributed by atoms with Crippen LogP contribution in [0.2, 0.25) is 0 Å². The molecular formula is C17H20N2O. The van der Waals surface area contributed by atoms with Crippen LogP contribution in [-0.4, -0.2) is 5.91 Å². The normalized spacial score (nSPS) is 10.6. The first-order valence-electron chi connectivity index (χ1n) is 6.79. The highest BCUT2D eigenvalue weighted by Crippen LogP contribution is 2.18. The van der Waals surface area contributed by atoms with E-state index in [4.69, 9.17) is 5.73 Å². The van der Waals surface area contributed by atoms with Crippen LogP contribution >= 0.6 is 0 Å². The second-order valence-corrected chi connectivity index (χ2v) is 5.20. The molecule has 3 N–H and O–H groups in total. The first-order valence-corrected chi connectivity index (χ1v) is 6.79. The topological polar surface area (TPSA) is 55.1 Å². The molecule has 1 amide bonds. The molecule has 3 heteroatoms. The zero-order chi connectivity index (χ0) is 14.5. The fourth-order valence-corrected chi connectivity index (χ4v) is 2.02. The van der Waals surface area contributed by atoms with Gasteiger partial charge in [0.2, 0.25) is 5.91 Å². The molecule has 0 bridgehead atoms. The van der Waals surface area contributed by atoms with Crippen molar-refractivity contribution in [3.8, 4) is 0 Å². The number of rotatable bonds is 4. The summed E-state index contributed by atoms with van der Waals surface area (Å²) in [4.78, 5) is 12.0. The number of hydrogen-bond acceptors (Lipinski definition) is 2. The highest BCUT2D eigenvalue weighted by atomic mass is 16.1. The average Bonchev–Trinajstić information content (AvgIpc) is 2.42. The van der Waals surface area contributed by atoms with Gasteiger partial charge in [-0.25, -0.2) is 0 Å². The van der Waals surface area contributed by atoms with E-state index >= 15 is 0 Å². The number of hydrogen-bond donors (Lipinski definition) is 2. The molecule has 3 nitrogen and oxygen atoms in total. The van der Waals surface area contributed by atoms with Crippen molar-refractivity contribution in [1.29, 1.82) is 0 Å². The molecule has 0 saturated carbocycles. The number of amides is 1. The van der Waals surface area contributed by atoms with Crippen molar-refractivity contribution in [3.05, 3.63) is 59.7 Å². The number of nitrogens with two attached hydrogens (primary N) is 1. The van der Waals surface area contributed by atoms with Crippen LogP contribution in [0.4, 0.5) is 11.4 Å². The Morgan fingerprint density at radius 1 is 1.10 bits per heavy atom. The number of benzene rings is 2. The third-order valence-electron chi connectivity index (χ3n) is 3.27. The van der Waals surface area contributed by atoms with Gasteiger partial charge < -0.3 is 11.1 Å². The monoisotopic (exact) mass is 268 g/mol. The van der Waals surface area contributed by atoms with Gasteiger partial charge in [0.15, 0.2) is 0 Å². The second kappa shape index (κ2) is 6.24. The van der Waals surface area contributed by atoms with Crippen molar-refractivity contribution in [1.82, 2.24) is 0 Å². The van der Waals surface area contributed by atoms with Gasteiger partial charge in [0.05, 0.1) is 6.42 Å². The van der Waals surface area contributed by atoms with E-state index in [2.05, 4.69) is 19.2 Å². The Bertz CT molecular complexity index is 588. The highest BCUT2D eigenvalue weighted by molar-refractivity contribution is 5.93. The summed E-state index contributed by atoms with van der Waals surface area (Å²) in [5.74, 6) is 0.434. The molecule has 0 atom stereocenters. The lowest BCUT2D eigenvalue weighted by molar-refractivity contribution is -0.115. The first-order chi connectivity index (χ1) is 9.56. The third-order valence-corrected chi connectivity index (χ3v) is 3.27. The standard InChI is InChI=1S/C17H20N2O/c1-12(2)13-7-9-15(10-8-13)19-17(20)11-14-5-3-4-6-16(14)18/h3-10,12H,11,18H2,1-2H3,(H,19,20). The molecule has 20 heavy (non-hydrogen) atoms. The Balaban J connectivity index is 1.99. The maximum absolute atomic E-state index is 12.0. The van der Waals surface area contributed by atoms with Crippen molar-refractivity contribution in [3.63, 3.8) is 0 Å².